The SMILES string of the molecule is CCOc1ccc(C(C)=O)cc1COC(=O)C12C[C@H]3C[C@@H](CC(O)(C3)C1)C2. The van der Waals surface area contributed by atoms with E-state index >= 15 is 0 Å². The highest BCUT2D eigenvalue weighted by molar-refractivity contribution is 5.94. The number of aliphatic hydroxyl groups is 1. The van der Waals surface area contributed by atoms with Gasteiger partial charge in [0.05, 0.1) is 17.6 Å². The smallest absolute Gasteiger partial charge is 0.312 e. The van der Waals surface area contributed by atoms with E-state index in [1.54, 1.807) is 18.2 Å². The zero-order valence-electron chi connectivity index (χ0n) is 16.1. The van der Waals surface area contributed by atoms with Gasteiger partial charge in [0.25, 0.3) is 0 Å². The zero-order chi connectivity index (χ0) is 19.2. The van der Waals surface area contributed by atoms with Crippen molar-refractivity contribution < 1.29 is 24.2 Å². The second kappa shape index (κ2) is 6.62. The van der Waals surface area contributed by atoms with E-state index in [2.05, 4.69) is 0 Å². The van der Waals surface area contributed by atoms with Crippen molar-refractivity contribution in [2.75, 3.05) is 6.61 Å². The predicted molar refractivity (Wildman–Crippen MR) is 99.5 cm³/mol. The fourth-order valence-electron chi connectivity index (χ4n) is 5.96. The van der Waals surface area contributed by atoms with Gasteiger partial charge in [0, 0.05) is 11.1 Å². The summed E-state index contributed by atoms with van der Waals surface area (Å²) in [6.45, 7) is 4.00. The molecule has 1 N–H and O–H groups in total. The number of rotatable bonds is 6. The summed E-state index contributed by atoms with van der Waals surface area (Å²) in [6, 6.07) is 5.23. The largest absolute Gasteiger partial charge is 0.493 e. The van der Waals surface area contributed by atoms with Crippen LogP contribution in [0.25, 0.3) is 0 Å². The lowest BCUT2D eigenvalue weighted by Crippen LogP contribution is -2.58. The van der Waals surface area contributed by atoms with E-state index in [9.17, 15) is 14.7 Å². The molecule has 4 aliphatic rings. The Hall–Kier alpha value is -1.88. The molecule has 4 fully saturated rings. The molecule has 0 aromatic heterocycles. The minimum atomic E-state index is -0.686. The Bertz CT molecular complexity index is 754. The molecule has 4 bridgehead atoms. The van der Waals surface area contributed by atoms with E-state index in [4.69, 9.17) is 9.47 Å². The summed E-state index contributed by atoms with van der Waals surface area (Å²) in [4.78, 5) is 24.8. The Labute approximate surface area is 160 Å². The minimum Gasteiger partial charge on any atom is -0.493 e. The number of esters is 1. The molecule has 146 valence electrons. The summed E-state index contributed by atoms with van der Waals surface area (Å²) in [6.07, 6.45) is 4.97. The number of hydrogen-bond donors (Lipinski definition) is 1. The van der Waals surface area contributed by atoms with Gasteiger partial charge in [-0.15, -0.1) is 0 Å². The van der Waals surface area contributed by atoms with Crippen LogP contribution in [0.1, 0.15) is 68.3 Å². The van der Waals surface area contributed by atoms with Crippen molar-refractivity contribution in [3.63, 3.8) is 0 Å². The molecule has 0 heterocycles. The molecule has 0 unspecified atom stereocenters. The highest BCUT2D eigenvalue weighted by Crippen LogP contribution is 2.62. The second-order valence-electron chi connectivity index (χ2n) is 8.85. The van der Waals surface area contributed by atoms with Crippen LogP contribution in [0.3, 0.4) is 0 Å². The van der Waals surface area contributed by atoms with Gasteiger partial charge in [-0.2, -0.15) is 0 Å². The fourth-order valence-corrected chi connectivity index (χ4v) is 5.96. The number of ketones is 1. The van der Waals surface area contributed by atoms with Crippen LogP contribution in [0.15, 0.2) is 18.2 Å². The first-order chi connectivity index (χ1) is 12.8. The van der Waals surface area contributed by atoms with E-state index in [-0.39, 0.29) is 18.4 Å². The van der Waals surface area contributed by atoms with Crippen LogP contribution in [-0.2, 0) is 16.1 Å². The molecule has 1 aromatic rings. The first kappa shape index (κ1) is 18.5. The first-order valence-corrected chi connectivity index (χ1v) is 9.99. The highest BCUT2D eigenvalue weighted by Gasteiger charge is 2.60. The van der Waals surface area contributed by atoms with Crippen LogP contribution in [0.2, 0.25) is 0 Å². The van der Waals surface area contributed by atoms with Crippen molar-refractivity contribution in [1.82, 2.24) is 0 Å². The second-order valence-corrected chi connectivity index (χ2v) is 8.85. The maximum atomic E-state index is 13.1. The number of carbonyl (C=O) groups is 2. The normalized spacial score (nSPS) is 33.7. The lowest BCUT2D eigenvalue weighted by molar-refractivity contribution is -0.197. The van der Waals surface area contributed by atoms with Crippen LogP contribution < -0.4 is 4.74 Å². The van der Waals surface area contributed by atoms with E-state index < -0.39 is 11.0 Å². The molecule has 0 spiro atoms. The van der Waals surface area contributed by atoms with Crippen molar-refractivity contribution in [3.8, 4) is 5.75 Å². The summed E-state index contributed by atoms with van der Waals surface area (Å²) in [7, 11) is 0. The third-order valence-corrected chi connectivity index (χ3v) is 6.59. The number of ether oxygens (including phenoxy) is 2. The van der Waals surface area contributed by atoms with Crippen LogP contribution in [0.4, 0.5) is 0 Å². The third-order valence-electron chi connectivity index (χ3n) is 6.59. The van der Waals surface area contributed by atoms with Crippen LogP contribution >= 0.6 is 0 Å². The maximum absolute atomic E-state index is 13.1. The molecule has 0 aliphatic heterocycles. The number of hydrogen-bond acceptors (Lipinski definition) is 5. The molecule has 0 amide bonds. The van der Waals surface area contributed by atoms with Crippen molar-refractivity contribution in [1.29, 1.82) is 0 Å². The van der Waals surface area contributed by atoms with Crippen molar-refractivity contribution >= 4 is 11.8 Å². The van der Waals surface area contributed by atoms with Gasteiger partial charge in [0.2, 0.25) is 0 Å². The lowest BCUT2D eigenvalue weighted by Gasteiger charge is -2.58. The number of benzene rings is 1. The van der Waals surface area contributed by atoms with Crippen molar-refractivity contribution in [2.45, 2.75) is 64.6 Å². The Morgan fingerprint density at radius 2 is 1.89 bits per heavy atom. The highest BCUT2D eigenvalue weighted by atomic mass is 16.5. The maximum Gasteiger partial charge on any atom is 0.312 e. The van der Waals surface area contributed by atoms with E-state index in [0.29, 0.717) is 41.7 Å². The van der Waals surface area contributed by atoms with Crippen LogP contribution in [-0.4, -0.2) is 29.1 Å². The van der Waals surface area contributed by atoms with Gasteiger partial charge in [0.15, 0.2) is 5.78 Å². The van der Waals surface area contributed by atoms with Gasteiger partial charge in [-0.3, -0.25) is 9.59 Å². The fraction of sp³-hybridized carbons (Fsp3) is 0.636. The molecule has 4 aliphatic carbocycles. The lowest BCUT2D eigenvalue weighted by atomic mass is 9.48. The van der Waals surface area contributed by atoms with E-state index in [0.717, 1.165) is 32.1 Å². The molecular formula is C22H28O5. The van der Waals surface area contributed by atoms with Gasteiger partial charge in [-0.25, -0.2) is 0 Å². The molecule has 0 radical (unpaired) electrons. The topological polar surface area (TPSA) is 72.8 Å². The minimum absolute atomic E-state index is 0.0334. The monoisotopic (exact) mass is 372 g/mol. The van der Waals surface area contributed by atoms with Crippen LogP contribution in [0.5, 0.6) is 5.75 Å². The molecule has 2 atom stereocenters. The molecule has 4 saturated carbocycles. The van der Waals surface area contributed by atoms with Gasteiger partial charge in [-0.05, 0) is 82.4 Å². The third kappa shape index (κ3) is 3.38. The Kier molecular flexibility index (Phi) is 4.53. The van der Waals surface area contributed by atoms with E-state index in [1.165, 1.54) is 6.92 Å². The Balaban J connectivity index is 1.51. The zero-order valence-corrected chi connectivity index (χ0v) is 16.1. The number of carbonyl (C=O) groups excluding carboxylic acids is 2. The Morgan fingerprint density at radius 3 is 2.48 bits per heavy atom. The quantitative estimate of drug-likeness (QED) is 0.609. The van der Waals surface area contributed by atoms with E-state index in [1.807, 2.05) is 6.92 Å². The van der Waals surface area contributed by atoms with Gasteiger partial charge in [0.1, 0.15) is 12.4 Å². The molecule has 0 saturated heterocycles. The summed E-state index contributed by atoms with van der Waals surface area (Å²) in [5.41, 5.74) is 0.0617. The molecular weight excluding hydrogens is 344 g/mol. The van der Waals surface area contributed by atoms with Crippen molar-refractivity contribution in [3.05, 3.63) is 29.3 Å². The average molecular weight is 372 g/mol. The van der Waals surface area contributed by atoms with Gasteiger partial charge < -0.3 is 14.6 Å². The molecule has 5 rings (SSSR count). The van der Waals surface area contributed by atoms with Crippen LogP contribution in [0, 0.1) is 17.3 Å². The standard InChI is InChI=1S/C22H28O5/c1-3-26-19-5-4-17(14(2)23)7-18(19)12-27-20(24)21-8-15-6-16(9-21)11-22(25,10-15)13-21/h4-5,7,15-16,25H,3,6,8-13H2,1-2H3/t15-,16-,21?,22?/m1/s1. The van der Waals surface area contributed by atoms with Gasteiger partial charge >= 0.3 is 5.97 Å². The van der Waals surface area contributed by atoms with Gasteiger partial charge in [-0.1, -0.05) is 0 Å². The average Bonchev–Trinajstić information content (AvgIpc) is 2.58. The molecule has 5 nitrogen and oxygen atoms in total. The molecule has 1 aromatic carbocycles. The summed E-state index contributed by atoms with van der Waals surface area (Å²) in [5, 5.41) is 10.8. The first-order valence-electron chi connectivity index (χ1n) is 9.99. The summed E-state index contributed by atoms with van der Waals surface area (Å²) < 4.78 is 11.4. The predicted octanol–water partition coefficient (Wildman–Crippen LogP) is 3.66. The molecule has 5 heteroatoms. The number of Topliss-reactive ketones (excluding diaryl/α,β-unsaturated/α-hetero) is 1. The summed E-state index contributed by atoms with van der Waals surface area (Å²) >= 11 is 0. The Morgan fingerprint density at radius 1 is 1.19 bits per heavy atom. The molecule has 27 heavy (non-hydrogen) atoms. The summed E-state index contributed by atoms with van der Waals surface area (Å²) in [5.74, 6) is 1.27. The van der Waals surface area contributed by atoms with Crippen molar-refractivity contribution in [2.24, 2.45) is 17.3 Å².